The Bertz CT molecular complexity index is 2760. The minimum atomic E-state index is -4.46. The highest BCUT2D eigenvalue weighted by atomic mass is 32.2. The molecule has 0 atom stereocenters. The predicted octanol–water partition coefficient (Wildman–Crippen LogP) is 4.89. The van der Waals surface area contributed by atoms with Crippen LogP contribution < -0.4 is 10.6 Å². The van der Waals surface area contributed by atoms with E-state index in [0.717, 1.165) is 38.0 Å². The van der Waals surface area contributed by atoms with Crippen LogP contribution in [0.15, 0.2) is 115 Å². The Balaban J connectivity index is 1.31. The molecular weight excluding hydrogens is 871 g/mol. The van der Waals surface area contributed by atoms with Crippen molar-refractivity contribution in [3.05, 3.63) is 107 Å². The maximum Gasteiger partial charge on any atom is 0.296 e. The van der Waals surface area contributed by atoms with Gasteiger partial charge in [-0.3, -0.25) is 17.5 Å². The Hall–Kier alpha value is -5.71. The van der Waals surface area contributed by atoms with Gasteiger partial charge in [0.15, 0.2) is 0 Å². The topological polar surface area (TPSA) is 328 Å². The Morgan fingerprint density at radius 1 is 0.567 bits per heavy atom. The number of nitrogens with zero attached hydrogens (tertiary/aromatic N) is 7. The van der Waals surface area contributed by atoms with Gasteiger partial charge in [-0.2, -0.15) is 69.1 Å². The number of anilines is 3. The molecule has 0 spiro atoms. The highest BCUT2D eigenvalue weighted by molar-refractivity contribution is 7.87. The van der Waals surface area contributed by atoms with Gasteiger partial charge in [-0.05, 0) is 83.4 Å². The number of hydrogen-bond acceptors (Lipinski definition) is 20. The summed E-state index contributed by atoms with van der Waals surface area (Å²) in [5, 5.41) is 31.6. The van der Waals surface area contributed by atoms with Crippen LogP contribution in [0, 0.1) is 0 Å². The van der Waals surface area contributed by atoms with Crippen LogP contribution in [0.2, 0.25) is 0 Å². The SMILES string of the molecule is COS(=O)(=O)c1cc(N=Nc2ccc(Nc3nc(Cc4ccc(N=Nc5cc(CS(=O)(=O)O)cc(CS(=O)(=O)O)c5)cc4)nc(NCCO)n3)cc2)cc(S(=O)(=O)OC)c1. The molecule has 318 valence electrons. The number of aromatic nitrogens is 3. The lowest BCUT2D eigenvalue weighted by atomic mass is 10.1. The van der Waals surface area contributed by atoms with Gasteiger partial charge in [0.1, 0.15) is 17.3 Å². The average molecular weight is 906 g/mol. The van der Waals surface area contributed by atoms with Crippen molar-refractivity contribution in [2.45, 2.75) is 27.7 Å². The molecule has 0 fully saturated rings. The molecule has 0 aliphatic carbocycles. The van der Waals surface area contributed by atoms with Gasteiger partial charge in [0, 0.05) is 18.7 Å². The quantitative estimate of drug-likeness (QED) is 0.0418. The van der Waals surface area contributed by atoms with Crippen LogP contribution >= 0.6 is 0 Å². The Kier molecular flexibility index (Phi) is 14.5. The maximum atomic E-state index is 12.3. The summed E-state index contributed by atoms with van der Waals surface area (Å²) in [5.74, 6) is -0.970. The van der Waals surface area contributed by atoms with Crippen LogP contribution in [0.4, 0.5) is 40.3 Å². The molecule has 4 aromatic carbocycles. The van der Waals surface area contributed by atoms with Gasteiger partial charge in [-0.15, -0.1) is 0 Å². The van der Waals surface area contributed by atoms with Crippen LogP contribution in [-0.2, 0) is 66.8 Å². The molecule has 5 N–H and O–H groups in total. The van der Waals surface area contributed by atoms with E-state index in [1.807, 2.05) is 0 Å². The van der Waals surface area contributed by atoms with Gasteiger partial charge in [-0.25, -0.2) is 0 Å². The molecule has 0 radical (unpaired) electrons. The Morgan fingerprint density at radius 2 is 1.03 bits per heavy atom. The van der Waals surface area contributed by atoms with Crippen molar-refractivity contribution < 1.29 is 56.2 Å². The summed E-state index contributed by atoms with van der Waals surface area (Å²) in [6.07, 6.45) is 0.221. The zero-order valence-corrected chi connectivity index (χ0v) is 34.6. The lowest BCUT2D eigenvalue weighted by Gasteiger charge is -2.10. The minimum absolute atomic E-state index is 0.0317. The smallest absolute Gasteiger partial charge is 0.296 e. The van der Waals surface area contributed by atoms with Gasteiger partial charge in [0.05, 0.1) is 53.4 Å². The van der Waals surface area contributed by atoms with Crippen molar-refractivity contribution in [1.29, 1.82) is 0 Å². The van der Waals surface area contributed by atoms with Crippen molar-refractivity contribution in [3.63, 3.8) is 0 Å². The molecule has 1 heterocycles. The molecule has 0 amide bonds. The maximum absolute atomic E-state index is 12.3. The monoisotopic (exact) mass is 905 g/mol. The summed E-state index contributed by atoms with van der Waals surface area (Å²) < 4.78 is 122. The van der Waals surface area contributed by atoms with Crippen LogP contribution in [0.1, 0.15) is 22.5 Å². The molecule has 26 heteroatoms. The van der Waals surface area contributed by atoms with Crippen LogP contribution in [-0.4, -0.2) is 90.2 Å². The van der Waals surface area contributed by atoms with Gasteiger partial charge in [0.2, 0.25) is 11.9 Å². The molecule has 60 heavy (non-hydrogen) atoms. The molecule has 1 aromatic heterocycles. The van der Waals surface area contributed by atoms with Crippen LogP contribution in [0.25, 0.3) is 0 Å². The van der Waals surface area contributed by atoms with E-state index in [1.165, 1.54) is 18.2 Å². The Morgan fingerprint density at radius 3 is 1.52 bits per heavy atom. The molecular formula is C34H35N9O13S4. The van der Waals surface area contributed by atoms with E-state index in [1.54, 1.807) is 48.5 Å². The van der Waals surface area contributed by atoms with E-state index < -0.39 is 61.8 Å². The largest absolute Gasteiger partial charge is 0.395 e. The van der Waals surface area contributed by atoms with Crippen molar-refractivity contribution in [2.75, 3.05) is 38.0 Å². The summed E-state index contributed by atoms with van der Waals surface area (Å²) >= 11 is 0. The molecule has 0 saturated heterocycles. The molecule has 0 bridgehead atoms. The summed E-state index contributed by atoms with van der Waals surface area (Å²) in [6.45, 7) is -0.0456. The van der Waals surface area contributed by atoms with Crippen molar-refractivity contribution >= 4 is 80.8 Å². The lowest BCUT2D eigenvalue weighted by molar-refractivity contribution is 0.310. The molecule has 0 unspecified atom stereocenters. The highest BCUT2D eigenvalue weighted by Crippen LogP contribution is 2.29. The van der Waals surface area contributed by atoms with E-state index in [2.05, 4.69) is 54.4 Å². The summed E-state index contributed by atoms with van der Waals surface area (Å²) in [6, 6.07) is 19.9. The Labute approximate surface area is 344 Å². The lowest BCUT2D eigenvalue weighted by Crippen LogP contribution is -2.12. The van der Waals surface area contributed by atoms with E-state index in [0.29, 0.717) is 22.9 Å². The fourth-order valence-electron chi connectivity index (χ4n) is 5.12. The van der Waals surface area contributed by atoms with Gasteiger partial charge < -0.3 is 15.7 Å². The van der Waals surface area contributed by atoms with Gasteiger partial charge in [-0.1, -0.05) is 18.2 Å². The first-order valence-electron chi connectivity index (χ1n) is 16.9. The number of aliphatic hydroxyl groups is 1. The second-order valence-corrected chi connectivity index (χ2v) is 18.7. The molecule has 5 rings (SSSR count). The third-order valence-electron chi connectivity index (χ3n) is 7.68. The number of azo groups is 2. The highest BCUT2D eigenvalue weighted by Gasteiger charge is 2.21. The predicted molar refractivity (Wildman–Crippen MR) is 215 cm³/mol. The number of benzene rings is 4. The summed E-state index contributed by atoms with van der Waals surface area (Å²) in [5.41, 5.74) is 1.98. The minimum Gasteiger partial charge on any atom is -0.395 e. The second kappa shape index (κ2) is 19.1. The fraction of sp³-hybridized carbons (Fsp3) is 0.206. The third-order valence-corrected chi connectivity index (χ3v) is 11.6. The van der Waals surface area contributed by atoms with Crippen molar-refractivity contribution in [3.8, 4) is 0 Å². The first-order valence-corrected chi connectivity index (χ1v) is 22.9. The first kappa shape index (κ1) is 45.4. The van der Waals surface area contributed by atoms with E-state index in [9.17, 15) is 47.9 Å². The van der Waals surface area contributed by atoms with E-state index in [-0.39, 0.29) is 54.0 Å². The molecule has 5 aromatic rings. The second-order valence-electron chi connectivity index (χ2n) is 12.3. The van der Waals surface area contributed by atoms with Crippen LogP contribution in [0.5, 0.6) is 0 Å². The van der Waals surface area contributed by atoms with Crippen molar-refractivity contribution in [1.82, 2.24) is 15.0 Å². The number of nitrogens with one attached hydrogen (secondary N) is 2. The molecule has 0 saturated carbocycles. The fourth-order valence-corrected chi connectivity index (χ4v) is 7.83. The molecule has 0 aliphatic heterocycles. The zero-order chi connectivity index (χ0) is 43.7. The standard InChI is InChI=1S/C34H35N9O13S4/c1-55-59(51,52)30-17-29(18-31(19-30)60(53,54)56-2)43-41-27-9-7-25(8-10-27)36-34-38-32(37-33(39-34)35-11-12-44)16-22-3-5-26(6-4-22)40-42-28-14-23(20-57(45,46)47)13-24(15-28)21-58(48,49)50/h3-10,13-15,17-19,44H,11-12,16,20-21H2,1-2H3,(H,45,46,47)(H,48,49,50)(H2,35,36,37,38,39). The first-order chi connectivity index (χ1) is 28.2. The molecule has 22 nitrogen and oxygen atoms in total. The average Bonchev–Trinajstić information content (AvgIpc) is 3.18. The normalized spacial score (nSPS) is 12.6. The summed E-state index contributed by atoms with van der Waals surface area (Å²) in [4.78, 5) is 12.3. The number of aliphatic hydroxyl groups excluding tert-OH is 1. The number of hydrogen-bond donors (Lipinski definition) is 5. The summed E-state index contributed by atoms with van der Waals surface area (Å²) in [7, 11) is -15.6. The van der Waals surface area contributed by atoms with Crippen LogP contribution in [0.3, 0.4) is 0 Å². The van der Waals surface area contributed by atoms with E-state index in [4.69, 9.17) is 0 Å². The molecule has 0 aliphatic rings. The third kappa shape index (κ3) is 13.7. The van der Waals surface area contributed by atoms with Gasteiger partial charge >= 0.3 is 0 Å². The van der Waals surface area contributed by atoms with Crippen molar-refractivity contribution in [2.24, 2.45) is 20.5 Å². The number of rotatable bonds is 19. The zero-order valence-electron chi connectivity index (χ0n) is 31.3. The van der Waals surface area contributed by atoms with Gasteiger partial charge in [0.25, 0.3) is 40.5 Å². The van der Waals surface area contributed by atoms with E-state index >= 15 is 0 Å².